The van der Waals surface area contributed by atoms with Crippen LogP contribution in [-0.4, -0.2) is 256 Å². The number of nitrogens with one attached hydrogen (secondary N) is 7. The van der Waals surface area contributed by atoms with Crippen LogP contribution in [-0.2, 0) is 85.8 Å². The predicted octanol–water partition coefficient (Wildman–Crippen LogP) is 7.67. The van der Waals surface area contributed by atoms with Gasteiger partial charge in [0.1, 0.15) is 57.1 Å². The van der Waals surface area contributed by atoms with Crippen LogP contribution < -0.4 is 37.2 Å². The Balaban J connectivity index is 6.67. The first-order chi connectivity index (χ1) is 51.4. The molecule has 4 atom stereocenters. The van der Waals surface area contributed by atoms with Gasteiger partial charge in [0.25, 0.3) is 5.91 Å². The summed E-state index contributed by atoms with van der Waals surface area (Å²) in [4.78, 5) is 161. The van der Waals surface area contributed by atoms with Crippen LogP contribution in [0.3, 0.4) is 0 Å². The number of Topliss-reactive ketones (excluding diaryl/α,β-unsaturated/α-hetero) is 3. The van der Waals surface area contributed by atoms with Crippen molar-refractivity contribution in [2.24, 2.45) is 5.41 Å². The van der Waals surface area contributed by atoms with Gasteiger partial charge >= 0.3 is 42.2 Å². The summed E-state index contributed by atoms with van der Waals surface area (Å²) in [7, 11) is 1.20. The molecule has 0 aliphatic rings. The molecule has 0 aliphatic carbocycles. The van der Waals surface area contributed by atoms with E-state index in [0.29, 0.717) is 64.2 Å². The molecule has 0 saturated carbocycles. The molecule has 112 heavy (non-hydrogen) atoms. The van der Waals surface area contributed by atoms with Gasteiger partial charge in [-0.2, -0.15) is 0 Å². The second-order valence-electron chi connectivity index (χ2n) is 33.5. The molecule has 34 heteroatoms. The lowest BCUT2D eigenvalue weighted by atomic mass is 9.75. The molecule has 0 bridgehead atoms. The average molecular weight is 1640 g/mol. The highest BCUT2D eigenvalue weighted by Gasteiger charge is 2.47. The van der Waals surface area contributed by atoms with Gasteiger partial charge in [-0.3, -0.25) is 53.8 Å². The summed E-state index contributed by atoms with van der Waals surface area (Å²) in [6.45, 7) is 33.5. The van der Waals surface area contributed by atoms with Crippen molar-refractivity contribution in [2.45, 2.75) is 327 Å². The second-order valence-corrected chi connectivity index (χ2v) is 37.1. The van der Waals surface area contributed by atoms with E-state index >= 15 is 4.79 Å². The minimum absolute atomic E-state index is 0.00514. The fraction of sp³-hybridized carbons (Fsp3) is 0.846. The van der Waals surface area contributed by atoms with E-state index in [2.05, 4.69) is 37.2 Å². The molecule has 0 saturated heterocycles. The van der Waals surface area contributed by atoms with E-state index < -0.39 is 144 Å². The first-order valence-corrected chi connectivity index (χ1v) is 40.9. The van der Waals surface area contributed by atoms with Crippen LogP contribution in [0.15, 0.2) is 0 Å². The minimum Gasteiger partial charge on any atom is -0.468 e. The Morgan fingerprint density at radius 3 is 1.16 bits per heavy atom. The number of carbonyl (C=O) groups is 12. The second kappa shape index (κ2) is 50.5. The van der Waals surface area contributed by atoms with Crippen molar-refractivity contribution < 1.29 is 121 Å². The number of ether oxygens (including phenoxy) is 9. The third-order valence-electron chi connectivity index (χ3n) is 18.2. The Morgan fingerprint density at radius 2 is 0.741 bits per heavy atom. The number of ketones is 3. The SMILES string of the molecule is CCC(=O)C(CSC(C)(C)SCC(NC(C)(C)C(=O)C(CCCCNC(=O)OCCOC(=O)CCCC(C)(C)O)NC(=O)C(C)(C)OCCOC(=O)CCCC(C)(C)O)C(=O)OC)NC(C)(C)C(=O)C(CCCCCC(=O)OCCOC(=O)NCCC(C)(C)O)NC(=O)C(C)(C)C(C)(C)OCCOC(=O)NCCC(C)(C)O. The summed E-state index contributed by atoms with van der Waals surface area (Å²) in [5.41, 5.74) is -11.0. The lowest BCUT2D eigenvalue weighted by Crippen LogP contribution is -2.62. The summed E-state index contributed by atoms with van der Waals surface area (Å²) >= 11 is 2.69. The largest absolute Gasteiger partial charge is 0.468 e. The molecule has 0 aromatic rings. The molecule has 11 N–H and O–H groups in total. The maximum absolute atomic E-state index is 15.1. The van der Waals surface area contributed by atoms with E-state index in [1.54, 1.807) is 118 Å². The first kappa shape index (κ1) is 106. The topological polar surface area (TPSA) is 453 Å². The summed E-state index contributed by atoms with van der Waals surface area (Å²) < 4.78 is 47.7. The van der Waals surface area contributed by atoms with Gasteiger partial charge in [-0.05, 0) is 209 Å². The van der Waals surface area contributed by atoms with Gasteiger partial charge in [-0.15, -0.1) is 23.5 Å². The summed E-state index contributed by atoms with van der Waals surface area (Å²) in [6, 6.07) is -4.39. The van der Waals surface area contributed by atoms with Gasteiger partial charge < -0.3 is 89.6 Å². The average Bonchev–Trinajstić information content (AvgIpc) is 0.788. The molecular weight excluding hydrogens is 1500 g/mol. The Hall–Kier alpha value is -5.98. The molecule has 0 spiro atoms. The molecule has 0 aliphatic heterocycles. The summed E-state index contributed by atoms with van der Waals surface area (Å²) in [5, 5.41) is 59.8. The van der Waals surface area contributed by atoms with Crippen molar-refractivity contribution in [2.75, 3.05) is 91.1 Å². The Morgan fingerprint density at radius 1 is 0.384 bits per heavy atom. The van der Waals surface area contributed by atoms with Crippen molar-refractivity contribution in [1.82, 2.24) is 37.2 Å². The Kier molecular flexibility index (Phi) is 47.8. The molecule has 0 aromatic carbocycles. The van der Waals surface area contributed by atoms with Crippen LogP contribution in [0.4, 0.5) is 14.4 Å². The van der Waals surface area contributed by atoms with Gasteiger partial charge in [0, 0.05) is 56.8 Å². The van der Waals surface area contributed by atoms with Crippen molar-refractivity contribution in [3.05, 3.63) is 0 Å². The highest BCUT2D eigenvalue weighted by molar-refractivity contribution is 8.18. The fourth-order valence-corrected chi connectivity index (χ4v) is 12.9. The number of unbranched alkanes of at least 4 members (excludes halogenated alkanes) is 3. The zero-order valence-electron chi connectivity index (χ0n) is 71.2. The summed E-state index contributed by atoms with van der Waals surface area (Å²) in [6.07, 6.45) is 2.08. The number of rotatable bonds is 61. The number of esters is 4. The molecule has 5 amide bonds. The zero-order valence-corrected chi connectivity index (χ0v) is 72.8. The van der Waals surface area contributed by atoms with Gasteiger partial charge in [0.2, 0.25) is 5.91 Å². The molecular formula is C78H141N7O25S2. The number of aliphatic hydroxyl groups is 4. The Labute approximate surface area is 673 Å². The van der Waals surface area contributed by atoms with E-state index in [1.165, 1.54) is 44.5 Å². The van der Waals surface area contributed by atoms with Crippen LogP contribution in [0.1, 0.15) is 255 Å². The molecule has 0 radical (unpaired) electrons. The van der Waals surface area contributed by atoms with Crippen molar-refractivity contribution in [3.63, 3.8) is 0 Å². The van der Waals surface area contributed by atoms with E-state index in [9.17, 15) is 73.2 Å². The molecule has 0 aromatic heterocycles. The summed E-state index contributed by atoms with van der Waals surface area (Å²) in [5.74, 6) is -4.54. The van der Waals surface area contributed by atoms with E-state index in [0.717, 1.165) is 0 Å². The van der Waals surface area contributed by atoms with Crippen LogP contribution in [0.25, 0.3) is 0 Å². The van der Waals surface area contributed by atoms with E-state index in [1.807, 2.05) is 13.8 Å². The quantitative estimate of drug-likeness (QED) is 0.0120. The molecule has 650 valence electrons. The molecule has 4 unspecified atom stereocenters. The highest BCUT2D eigenvalue weighted by Crippen LogP contribution is 2.39. The van der Waals surface area contributed by atoms with Crippen LogP contribution >= 0.6 is 23.5 Å². The van der Waals surface area contributed by atoms with E-state index in [-0.39, 0.29) is 135 Å². The maximum atomic E-state index is 15.1. The number of hydrogen-bond donors (Lipinski definition) is 11. The number of thioether (sulfide) groups is 2. The predicted molar refractivity (Wildman–Crippen MR) is 426 cm³/mol. The maximum Gasteiger partial charge on any atom is 0.407 e. The van der Waals surface area contributed by atoms with Crippen molar-refractivity contribution in [1.29, 1.82) is 0 Å². The lowest BCUT2D eigenvalue weighted by Gasteiger charge is -2.41. The monoisotopic (exact) mass is 1640 g/mol. The minimum atomic E-state index is -1.56. The smallest absolute Gasteiger partial charge is 0.407 e. The number of alkyl carbamates (subject to hydrolysis) is 3. The number of hydrogen-bond acceptors (Lipinski definition) is 29. The van der Waals surface area contributed by atoms with Crippen LogP contribution in [0, 0.1) is 5.41 Å². The number of carbonyl (C=O) groups excluding carboxylic acids is 12. The van der Waals surface area contributed by atoms with Crippen molar-refractivity contribution in [3.8, 4) is 0 Å². The fourth-order valence-electron chi connectivity index (χ4n) is 10.6. The standard InChI is InChI=1S/C78H141N7O25S2/c1-23-57(86)55(84-74(12,13)61(90)53(31-25-24-26-33-58(87)103-43-46-107-67(96)80-41-38-71(6,7)100)82-64(93)73(10,11)77(18,19)110-50-48-108-68(97)81-42-39-72(8,9)101)51-111-78(20,21)112-52-56(63(92)102-22)85-75(14,15)62(91)54(83-65(94)76(16,17)109-49-47-105-60(89)35-30-37-70(4,5)99)32-27-28-40-79-66(95)106-45-44-104-59(88)34-29-36-69(2,3)98/h53-56,84-85,98-101H,23-52H2,1-22H3,(H,79,95)(H,80,96)(H,81,97)(H,82,93)(H,83,94). The van der Waals surface area contributed by atoms with Crippen LogP contribution in [0.5, 0.6) is 0 Å². The van der Waals surface area contributed by atoms with E-state index in [4.69, 9.17) is 42.6 Å². The van der Waals surface area contributed by atoms with Gasteiger partial charge in [0.05, 0.1) is 87.0 Å². The number of methoxy groups -OCH3 is 1. The lowest BCUT2D eigenvalue weighted by molar-refractivity contribution is -0.155. The first-order valence-electron chi connectivity index (χ1n) is 38.9. The molecule has 0 rings (SSSR count). The normalized spacial score (nSPS) is 13.8. The highest BCUT2D eigenvalue weighted by atomic mass is 32.2. The van der Waals surface area contributed by atoms with Crippen molar-refractivity contribution >= 4 is 94.8 Å². The molecule has 0 fully saturated rings. The third kappa shape index (κ3) is 48.4. The molecule has 32 nitrogen and oxygen atoms in total. The van der Waals surface area contributed by atoms with Gasteiger partial charge in [0.15, 0.2) is 11.6 Å². The third-order valence-corrected chi connectivity index (χ3v) is 21.3. The van der Waals surface area contributed by atoms with Gasteiger partial charge in [-0.25, -0.2) is 14.4 Å². The Bertz CT molecular complexity index is 2940. The van der Waals surface area contributed by atoms with Crippen LogP contribution in [0.2, 0.25) is 0 Å². The van der Waals surface area contributed by atoms with Gasteiger partial charge in [-0.1, -0.05) is 19.8 Å². The zero-order chi connectivity index (χ0) is 86.2. The molecule has 0 heterocycles. The number of amides is 5.